The van der Waals surface area contributed by atoms with Crippen LogP contribution in [-0.2, 0) is 10.8 Å². The van der Waals surface area contributed by atoms with Crippen LogP contribution >= 0.6 is 0 Å². The molecule has 2 unspecified atom stereocenters. The first-order chi connectivity index (χ1) is 8.79. The summed E-state index contributed by atoms with van der Waals surface area (Å²) in [5.41, 5.74) is 1.20. The van der Waals surface area contributed by atoms with Crippen molar-refractivity contribution in [3.05, 3.63) is 29.8 Å². The molecule has 0 saturated carbocycles. The van der Waals surface area contributed by atoms with Crippen LogP contribution < -0.4 is 10.1 Å². The first-order valence-corrected chi connectivity index (χ1v) is 8.09. The number of benzene rings is 1. The van der Waals surface area contributed by atoms with Crippen LogP contribution in [0.25, 0.3) is 0 Å². The van der Waals surface area contributed by atoms with Crippen molar-refractivity contribution < 1.29 is 8.95 Å². The van der Waals surface area contributed by atoms with Crippen molar-refractivity contribution in [3.8, 4) is 5.75 Å². The number of ether oxygens (including phenoxy) is 1. The summed E-state index contributed by atoms with van der Waals surface area (Å²) in [5.74, 6) is 2.45. The lowest BCUT2D eigenvalue weighted by molar-refractivity contribution is 0.317. The Bertz CT molecular complexity index is 391. The third kappa shape index (κ3) is 3.82. The Morgan fingerprint density at radius 3 is 2.89 bits per heavy atom. The van der Waals surface area contributed by atoms with Gasteiger partial charge in [-0.25, -0.2) is 0 Å². The molecule has 0 aliphatic carbocycles. The zero-order chi connectivity index (χ0) is 12.8. The molecule has 1 heterocycles. The lowest BCUT2D eigenvalue weighted by atomic mass is 10.1. The summed E-state index contributed by atoms with van der Waals surface area (Å²) in [6.45, 7) is 3.80. The lowest BCUT2D eigenvalue weighted by Gasteiger charge is -2.16. The number of hydrogen-bond donors (Lipinski definition) is 1. The molecular weight excluding hydrogens is 246 g/mol. The maximum atomic E-state index is 11.7. The van der Waals surface area contributed by atoms with E-state index in [2.05, 4.69) is 24.4 Å². The molecule has 0 radical (unpaired) electrons. The van der Waals surface area contributed by atoms with E-state index in [1.807, 2.05) is 12.1 Å². The molecule has 1 aromatic rings. The van der Waals surface area contributed by atoms with Crippen molar-refractivity contribution in [1.82, 2.24) is 5.32 Å². The molecule has 1 aliphatic heterocycles. The predicted molar refractivity (Wildman–Crippen MR) is 75.5 cm³/mol. The molecule has 0 aromatic heterocycles. The van der Waals surface area contributed by atoms with E-state index in [1.165, 1.54) is 5.56 Å². The molecule has 3 nitrogen and oxygen atoms in total. The van der Waals surface area contributed by atoms with Crippen molar-refractivity contribution in [1.29, 1.82) is 0 Å². The second-order valence-corrected chi connectivity index (χ2v) is 6.21. The van der Waals surface area contributed by atoms with E-state index in [-0.39, 0.29) is 6.04 Å². The van der Waals surface area contributed by atoms with Crippen LogP contribution in [0.3, 0.4) is 0 Å². The van der Waals surface area contributed by atoms with E-state index in [9.17, 15) is 4.21 Å². The molecule has 0 spiro atoms. The minimum absolute atomic E-state index is 0.216. The van der Waals surface area contributed by atoms with Crippen LogP contribution in [0.15, 0.2) is 24.3 Å². The zero-order valence-electron chi connectivity index (χ0n) is 10.9. The van der Waals surface area contributed by atoms with E-state index in [1.54, 1.807) is 0 Å². The van der Waals surface area contributed by atoms with Gasteiger partial charge in [0.25, 0.3) is 0 Å². The van der Waals surface area contributed by atoms with Gasteiger partial charge in [0.1, 0.15) is 5.75 Å². The van der Waals surface area contributed by atoms with Gasteiger partial charge in [0, 0.05) is 28.3 Å². The third-order valence-corrected chi connectivity index (χ3v) is 4.50. The minimum atomic E-state index is -0.692. The fourth-order valence-corrected chi connectivity index (χ4v) is 3.38. The Kier molecular flexibility index (Phi) is 5.20. The summed E-state index contributed by atoms with van der Waals surface area (Å²) in [6.07, 6.45) is 2.02. The Morgan fingerprint density at radius 2 is 2.17 bits per heavy atom. The SMILES string of the molecule is CCCOc1ccc(C2CS(=O)CCCN2)cc1. The average Bonchev–Trinajstić information content (AvgIpc) is 2.62. The van der Waals surface area contributed by atoms with E-state index >= 15 is 0 Å². The summed E-state index contributed by atoms with van der Waals surface area (Å²) in [7, 11) is -0.692. The van der Waals surface area contributed by atoms with E-state index in [0.717, 1.165) is 43.2 Å². The monoisotopic (exact) mass is 267 g/mol. The van der Waals surface area contributed by atoms with E-state index in [0.29, 0.717) is 0 Å². The molecule has 4 heteroatoms. The van der Waals surface area contributed by atoms with Gasteiger partial charge in [0.2, 0.25) is 0 Å². The van der Waals surface area contributed by atoms with Gasteiger partial charge >= 0.3 is 0 Å². The van der Waals surface area contributed by atoms with Gasteiger partial charge in [-0.1, -0.05) is 19.1 Å². The van der Waals surface area contributed by atoms with Gasteiger partial charge < -0.3 is 10.1 Å². The summed E-state index contributed by atoms with van der Waals surface area (Å²) < 4.78 is 17.3. The van der Waals surface area contributed by atoms with Crippen LogP contribution in [-0.4, -0.2) is 28.9 Å². The molecule has 1 aliphatic rings. The van der Waals surface area contributed by atoms with Crippen molar-refractivity contribution >= 4 is 10.8 Å². The molecule has 1 aromatic carbocycles. The number of nitrogens with one attached hydrogen (secondary N) is 1. The first kappa shape index (κ1) is 13.6. The summed E-state index contributed by atoms with van der Waals surface area (Å²) in [4.78, 5) is 0. The highest BCUT2D eigenvalue weighted by molar-refractivity contribution is 7.85. The number of rotatable bonds is 4. The predicted octanol–water partition coefficient (Wildman–Crippen LogP) is 2.26. The van der Waals surface area contributed by atoms with Crippen LogP contribution in [0.2, 0.25) is 0 Å². The van der Waals surface area contributed by atoms with E-state index in [4.69, 9.17) is 4.74 Å². The van der Waals surface area contributed by atoms with Crippen molar-refractivity contribution in [2.45, 2.75) is 25.8 Å². The quantitative estimate of drug-likeness (QED) is 0.909. The van der Waals surface area contributed by atoms with Gasteiger partial charge in [-0.2, -0.15) is 0 Å². The highest BCUT2D eigenvalue weighted by Crippen LogP contribution is 2.20. The van der Waals surface area contributed by atoms with Crippen molar-refractivity contribution in [3.63, 3.8) is 0 Å². The van der Waals surface area contributed by atoms with Crippen molar-refractivity contribution in [2.24, 2.45) is 0 Å². The van der Waals surface area contributed by atoms with Crippen LogP contribution in [0, 0.1) is 0 Å². The molecule has 2 rings (SSSR count). The summed E-state index contributed by atoms with van der Waals surface area (Å²) in [6, 6.07) is 8.37. The lowest BCUT2D eigenvalue weighted by Crippen LogP contribution is -2.23. The number of hydrogen-bond acceptors (Lipinski definition) is 3. The molecule has 100 valence electrons. The molecule has 1 N–H and O–H groups in total. The molecule has 0 bridgehead atoms. The van der Waals surface area contributed by atoms with Gasteiger partial charge in [0.15, 0.2) is 0 Å². The topological polar surface area (TPSA) is 38.3 Å². The average molecular weight is 267 g/mol. The fraction of sp³-hybridized carbons (Fsp3) is 0.571. The molecule has 1 saturated heterocycles. The Morgan fingerprint density at radius 1 is 1.39 bits per heavy atom. The van der Waals surface area contributed by atoms with Gasteiger partial charge in [0.05, 0.1) is 6.61 Å². The van der Waals surface area contributed by atoms with Crippen LogP contribution in [0.5, 0.6) is 5.75 Å². The highest BCUT2D eigenvalue weighted by Gasteiger charge is 2.17. The Balaban J connectivity index is 2.01. The third-order valence-electron chi connectivity index (χ3n) is 3.05. The normalized spacial score (nSPS) is 24.5. The summed E-state index contributed by atoms with van der Waals surface area (Å²) >= 11 is 0. The maximum absolute atomic E-state index is 11.7. The second kappa shape index (κ2) is 6.90. The minimum Gasteiger partial charge on any atom is -0.494 e. The molecule has 18 heavy (non-hydrogen) atoms. The zero-order valence-corrected chi connectivity index (χ0v) is 11.7. The maximum Gasteiger partial charge on any atom is 0.119 e. The summed E-state index contributed by atoms with van der Waals surface area (Å²) in [5, 5.41) is 3.46. The molecule has 1 fully saturated rings. The smallest absolute Gasteiger partial charge is 0.119 e. The largest absolute Gasteiger partial charge is 0.494 e. The first-order valence-electron chi connectivity index (χ1n) is 6.60. The van der Waals surface area contributed by atoms with Crippen LogP contribution in [0.1, 0.15) is 31.4 Å². The van der Waals surface area contributed by atoms with E-state index < -0.39 is 10.8 Å². The van der Waals surface area contributed by atoms with Gasteiger partial charge in [-0.3, -0.25) is 4.21 Å². The fourth-order valence-electron chi connectivity index (χ4n) is 2.07. The Labute approximate surface area is 111 Å². The molecular formula is C14H21NO2S. The standard InChI is InChI=1S/C14H21NO2S/c1-2-9-17-13-6-4-12(5-7-13)14-11-18(16)10-3-8-15-14/h4-7,14-15H,2-3,8-11H2,1H3. The molecule has 0 amide bonds. The highest BCUT2D eigenvalue weighted by atomic mass is 32.2. The van der Waals surface area contributed by atoms with Gasteiger partial charge in [-0.15, -0.1) is 0 Å². The Hall–Kier alpha value is -0.870. The van der Waals surface area contributed by atoms with Crippen molar-refractivity contribution in [2.75, 3.05) is 24.7 Å². The molecule has 2 atom stereocenters. The van der Waals surface area contributed by atoms with Crippen LogP contribution in [0.4, 0.5) is 0 Å². The van der Waals surface area contributed by atoms with Gasteiger partial charge in [-0.05, 0) is 37.1 Å². The second-order valence-electron chi connectivity index (χ2n) is 4.59.